The molecule has 0 fully saturated rings. The van der Waals surface area contributed by atoms with Crippen LogP contribution >= 0.6 is 0 Å². The average molecular weight is 264 g/mol. The summed E-state index contributed by atoms with van der Waals surface area (Å²) in [6.45, 7) is 3.33. The maximum Gasteiger partial charge on any atom is 0.328 e. The van der Waals surface area contributed by atoms with Crippen molar-refractivity contribution in [3.63, 3.8) is 0 Å². The van der Waals surface area contributed by atoms with E-state index < -0.39 is 16.8 Å². The Hall–Kier alpha value is -2.70. The zero-order chi connectivity index (χ0) is 14.6. The molecule has 2 N–H and O–H groups in total. The van der Waals surface area contributed by atoms with E-state index in [0.717, 1.165) is 6.08 Å². The summed E-state index contributed by atoms with van der Waals surface area (Å²) in [5, 5.41) is 21.6. The van der Waals surface area contributed by atoms with Crippen molar-refractivity contribution in [3.8, 4) is 0 Å². The third kappa shape index (κ3) is 3.91. The molecule has 0 heterocycles. The lowest BCUT2D eigenvalue weighted by Gasteiger charge is -2.08. The second-order valence-electron chi connectivity index (χ2n) is 3.89. The molecule has 0 spiro atoms. The van der Waals surface area contributed by atoms with Crippen LogP contribution in [0.25, 0.3) is 0 Å². The Labute approximate surface area is 108 Å². The molecule has 1 amide bonds. The standard InChI is InChI=1S/C12H12N2O5/c1-7-5-8(2)12(9(6-7)14(18)19)13-10(15)3-4-11(16)17/h3-6H,1-2H3,(H,13,15)(H,16,17)/b4-3+. The van der Waals surface area contributed by atoms with Gasteiger partial charge in [0, 0.05) is 18.2 Å². The van der Waals surface area contributed by atoms with Crippen LogP contribution in [0.1, 0.15) is 11.1 Å². The van der Waals surface area contributed by atoms with E-state index in [2.05, 4.69) is 5.32 Å². The van der Waals surface area contributed by atoms with Gasteiger partial charge in [-0.1, -0.05) is 6.07 Å². The van der Waals surface area contributed by atoms with E-state index in [1.165, 1.54) is 6.07 Å². The summed E-state index contributed by atoms with van der Waals surface area (Å²) in [7, 11) is 0. The highest BCUT2D eigenvalue weighted by molar-refractivity contribution is 6.04. The van der Waals surface area contributed by atoms with Crippen molar-refractivity contribution in [2.24, 2.45) is 0 Å². The van der Waals surface area contributed by atoms with Gasteiger partial charge in [0.1, 0.15) is 5.69 Å². The number of anilines is 1. The van der Waals surface area contributed by atoms with E-state index in [1.54, 1.807) is 19.9 Å². The fraction of sp³-hybridized carbons (Fsp3) is 0.167. The van der Waals surface area contributed by atoms with Crippen LogP contribution in [-0.2, 0) is 9.59 Å². The van der Waals surface area contributed by atoms with Gasteiger partial charge in [-0.3, -0.25) is 14.9 Å². The molecule has 0 atom stereocenters. The number of carboxylic acid groups (broad SMARTS) is 1. The monoisotopic (exact) mass is 264 g/mol. The Morgan fingerprint density at radius 2 is 1.95 bits per heavy atom. The lowest BCUT2D eigenvalue weighted by Crippen LogP contribution is -2.12. The fourth-order valence-corrected chi connectivity index (χ4v) is 1.56. The van der Waals surface area contributed by atoms with Crippen molar-refractivity contribution in [1.29, 1.82) is 0 Å². The first-order valence-corrected chi connectivity index (χ1v) is 5.29. The van der Waals surface area contributed by atoms with Crippen LogP contribution in [0.3, 0.4) is 0 Å². The average Bonchev–Trinajstić information content (AvgIpc) is 2.29. The number of amides is 1. The smallest absolute Gasteiger partial charge is 0.328 e. The molecular formula is C12H12N2O5. The molecular weight excluding hydrogens is 252 g/mol. The van der Waals surface area contributed by atoms with Crippen LogP contribution < -0.4 is 5.32 Å². The molecule has 7 heteroatoms. The molecule has 7 nitrogen and oxygen atoms in total. The summed E-state index contributed by atoms with van der Waals surface area (Å²) in [4.78, 5) is 32.0. The minimum Gasteiger partial charge on any atom is -0.478 e. The van der Waals surface area contributed by atoms with Crippen LogP contribution in [0.5, 0.6) is 0 Å². The van der Waals surface area contributed by atoms with Gasteiger partial charge >= 0.3 is 5.97 Å². The van der Waals surface area contributed by atoms with E-state index in [4.69, 9.17) is 5.11 Å². The summed E-state index contributed by atoms with van der Waals surface area (Å²) in [5.74, 6) is -2.01. The Bertz CT molecular complexity index is 578. The van der Waals surface area contributed by atoms with Crippen LogP contribution in [0.2, 0.25) is 0 Å². The minimum atomic E-state index is -1.27. The van der Waals surface area contributed by atoms with E-state index in [-0.39, 0.29) is 11.4 Å². The van der Waals surface area contributed by atoms with Crippen LogP contribution in [-0.4, -0.2) is 21.9 Å². The summed E-state index contributed by atoms with van der Waals surface area (Å²) in [5.41, 5.74) is 1.07. The van der Waals surface area contributed by atoms with Gasteiger partial charge in [-0.15, -0.1) is 0 Å². The molecule has 1 aromatic rings. The molecule has 0 aliphatic carbocycles. The number of benzene rings is 1. The molecule has 0 aromatic heterocycles. The molecule has 1 rings (SSSR count). The van der Waals surface area contributed by atoms with Gasteiger partial charge in [-0.05, 0) is 25.0 Å². The Kier molecular flexibility index (Phi) is 4.36. The molecule has 19 heavy (non-hydrogen) atoms. The van der Waals surface area contributed by atoms with Crippen molar-refractivity contribution in [2.45, 2.75) is 13.8 Å². The number of hydrogen-bond donors (Lipinski definition) is 2. The Morgan fingerprint density at radius 1 is 1.32 bits per heavy atom. The number of carboxylic acids is 1. The van der Waals surface area contributed by atoms with Crippen molar-refractivity contribution in [2.75, 3.05) is 5.32 Å². The van der Waals surface area contributed by atoms with E-state index in [1.807, 2.05) is 0 Å². The topological polar surface area (TPSA) is 110 Å². The number of nitrogens with zero attached hydrogens (tertiary/aromatic N) is 1. The van der Waals surface area contributed by atoms with Gasteiger partial charge in [0.2, 0.25) is 5.91 Å². The van der Waals surface area contributed by atoms with Crippen molar-refractivity contribution in [1.82, 2.24) is 0 Å². The van der Waals surface area contributed by atoms with Crippen LogP contribution in [0.15, 0.2) is 24.3 Å². The molecule has 100 valence electrons. The number of rotatable bonds is 4. The first-order valence-electron chi connectivity index (χ1n) is 5.29. The molecule has 0 aliphatic heterocycles. The van der Waals surface area contributed by atoms with Gasteiger partial charge in [0.15, 0.2) is 0 Å². The fourth-order valence-electron chi connectivity index (χ4n) is 1.56. The zero-order valence-electron chi connectivity index (χ0n) is 10.3. The molecule has 0 radical (unpaired) electrons. The molecule has 0 bridgehead atoms. The summed E-state index contributed by atoms with van der Waals surface area (Å²) in [6, 6.07) is 3.02. The van der Waals surface area contributed by atoms with Gasteiger partial charge in [0.05, 0.1) is 4.92 Å². The highest BCUT2D eigenvalue weighted by atomic mass is 16.6. The van der Waals surface area contributed by atoms with E-state index in [0.29, 0.717) is 17.2 Å². The summed E-state index contributed by atoms with van der Waals surface area (Å²) >= 11 is 0. The lowest BCUT2D eigenvalue weighted by molar-refractivity contribution is -0.384. The molecule has 0 saturated carbocycles. The highest BCUT2D eigenvalue weighted by Crippen LogP contribution is 2.29. The number of aryl methyl sites for hydroxylation is 2. The second-order valence-corrected chi connectivity index (χ2v) is 3.89. The molecule has 0 unspecified atom stereocenters. The molecule has 0 saturated heterocycles. The lowest BCUT2D eigenvalue weighted by atomic mass is 10.1. The number of hydrogen-bond acceptors (Lipinski definition) is 4. The number of carbonyl (C=O) groups excluding carboxylic acids is 1. The quantitative estimate of drug-likeness (QED) is 0.489. The third-order valence-electron chi connectivity index (χ3n) is 2.28. The van der Waals surface area contributed by atoms with Gasteiger partial charge in [-0.2, -0.15) is 0 Å². The first kappa shape index (κ1) is 14.4. The van der Waals surface area contributed by atoms with Crippen molar-refractivity contribution >= 4 is 23.3 Å². The Morgan fingerprint density at radius 3 is 2.47 bits per heavy atom. The number of nitro groups is 1. The summed E-state index contributed by atoms with van der Waals surface area (Å²) in [6.07, 6.45) is 1.45. The maximum atomic E-state index is 11.4. The zero-order valence-corrected chi connectivity index (χ0v) is 10.3. The maximum absolute atomic E-state index is 11.4. The SMILES string of the molecule is Cc1cc(C)c(NC(=O)/C=C/C(=O)O)c([N+](=O)[O-])c1. The van der Waals surface area contributed by atoms with Gasteiger partial charge in [-0.25, -0.2) is 4.79 Å². The van der Waals surface area contributed by atoms with Crippen molar-refractivity contribution in [3.05, 3.63) is 45.5 Å². The largest absolute Gasteiger partial charge is 0.478 e. The molecule has 1 aromatic carbocycles. The number of aliphatic carboxylic acids is 1. The number of nitrogens with one attached hydrogen (secondary N) is 1. The van der Waals surface area contributed by atoms with Gasteiger partial charge in [0.25, 0.3) is 5.69 Å². The second kappa shape index (κ2) is 5.76. The minimum absolute atomic E-state index is 0.0654. The molecule has 0 aliphatic rings. The third-order valence-corrected chi connectivity index (χ3v) is 2.28. The van der Waals surface area contributed by atoms with Crippen LogP contribution in [0.4, 0.5) is 11.4 Å². The van der Waals surface area contributed by atoms with Crippen molar-refractivity contribution < 1.29 is 19.6 Å². The highest BCUT2D eigenvalue weighted by Gasteiger charge is 2.18. The summed E-state index contributed by atoms with van der Waals surface area (Å²) < 4.78 is 0. The van der Waals surface area contributed by atoms with E-state index in [9.17, 15) is 19.7 Å². The first-order chi connectivity index (χ1) is 8.81. The predicted molar refractivity (Wildman–Crippen MR) is 68.0 cm³/mol. The predicted octanol–water partition coefficient (Wildman–Crippen LogP) is 1.79. The number of carbonyl (C=O) groups is 2. The number of nitro benzene ring substituents is 1. The Balaban J connectivity index is 3.10. The van der Waals surface area contributed by atoms with Crippen LogP contribution in [0, 0.1) is 24.0 Å². The normalized spacial score (nSPS) is 10.4. The van der Waals surface area contributed by atoms with Gasteiger partial charge < -0.3 is 10.4 Å². The van der Waals surface area contributed by atoms with E-state index >= 15 is 0 Å².